The summed E-state index contributed by atoms with van der Waals surface area (Å²) in [6.07, 6.45) is 0.755. The van der Waals surface area contributed by atoms with Gasteiger partial charge in [-0.05, 0) is 31.0 Å². The van der Waals surface area contributed by atoms with Crippen LogP contribution < -0.4 is 5.32 Å². The zero-order valence-corrected chi connectivity index (χ0v) is 11.0. The van der Waals surface area contributed by atoms with E-state index < -0.39 is 17.3 Å². The normalized spacial score (nSPS) is 16.4. The maximum absolute atomic E-state index is 11.8. The minimum absolute atomic E-state index is 0.369. The molecule has 0 aliphatic heterocycles. The predicted octanol–water partition coefficient (Wildman–Crippen LogP) is 2.91. The zero-order chi connectivity index (χ0) is 12.6. The lowest BCUT2D eigenvalue weighted by atomic mass is 10.1. The lowest BCUT2D eigenvalue weighted by Crippen LogP contribution is -2.31. The van der Waals surface area contributed by atoms with Crippen LogP contribution in [0.5, 0.6) is 0 Å². The van der Waals surface area contributed by atoms with Crippen LogP contribution in [0.15, 0.2) is 22.7 Å². The highest BCUT2D eigenvalue weighted by Gasteiger charge is 2.57. The first-order valence-corrected chi connectivity index (χ1v) is 6.13. The van der Waals surface area contributed by atoms with E-state index in [0.717, 1.165) is 4.47 Å². The number of hydrogen-bond donors (Lipinski definition) is 2. The van der Waals surface area contributed by atoms with Gasteiger partial charge in [0.05, 0.1) is 10.7 Å². The Morgan fingerprint density at radius 1 is 1.41 bits per heavy atom. The van der Waals surface area contributed by atoms with Crippen molar-refractivity contribution < 1.29 is 14.7 Å². The largest absolute Gasteiger partial charge is 0.480 e. The molecule has 0 saturated heterocycles. The van der Waals surface area contributed by atoms with Gasteiger partial charge in [-0.25, -0.2) is 0 Å². The maximum Gasteiger partial charge on any atom is 0.319 e. The Balaban J connectivity index is 2.17. The monoisotopic (exact) mass is 317 g/mol. The molecule has 0 heterocycles. The smallest absolute Gasteiger partial charge is 0.319 e. The van der Waals surface area contributed by atoms with Gasteiger partial charge < -0.3 is 10.4 Å². The number of amides is 1. The van der Waals surface area contributed by atoms with Crippen molar-refractivity contribution in [2.45, 2.75) is 12.8 Å². The number of benzene rings is 1. The molecule has 90 valence electrons. The van der Waals surface area contributed by atoms with Crippen molar-refractivity contribution in [3.63, 3.8) is 0 Å². The molecule has 1 aliphatic rings. The van der Waals surface area contributed by atoms with E-state index in [-0.39, 0.29) is 0 Å². The van der Waals surface area contributed by atoms with E-state index in [2.05, 4.69) is 21.2 Å². The predicted molar refractivity (Wildman–Crippen MR) is 67.1 cm³/mol. The number of aliphatic carboxylic acids is 1. The summed E-state index contributed by atoms with van der Waals surface area (Å²) in [5, 5.41) is 11.9. The molecule has 1 aromatic rings. The molecule has 1 saturated carbocycles. The molecule has 1 aliphatic carbocycles. The summed E-state index contributed by atoms with van der Waals surface area (Å²) in [4.78, 5) is 22.8. The van der Waals surface area contributed by atoms with Gasteiger partial charge in [-0.1, -0.05) is 27.5 Å². The molecule has 0 atom stereocenters. The second-order valence-electron chi connectivity index (χ2n) is 3.97. The topological polar surface area (TPSA) is 66.4 Å². The lowest BCUT2D eigenvalue weighted by Gasteiger charge is -2.12. The Morgan fingerprint density at radius 2 is 2.06 bits per heavy atom. The van der Waals surface area contributed by atoms with Gasteiger partial charge in [-0.3, -0.25) is 9.59 Å². The highest BCUT2D eigenvalue weighted by molar-refractivity contribution is 9.10. The maximum atomic E-state index is 11.8. The van der Waals surface area contributed by atoms with Crippen LogP contribution in [0.1, 0.15) is 12.8 Å². The molecule has 2 rings (SSSR count). The second-order valence-corrected chi connectivity index (χ2v) is 5.29. The van der Waals surface area contributed by atoms with Crippen molar-refractivity contribution >= 4 is 45.1 Å². The van der Waals surface area contributed by atoms with Gasteiger partial charge in [-0.2, -0.15) is 0 Å². The van der Waals surface area contributed by atoms with Gasteiger partial charge in [0.15, 0.2) is 0 Å². The van der Waals surface area contributed by atoms with E-state index in [4.69, 9.17) is 16.7 Å². The minimum Gasteiger partial charge on any atom is -0.480 e. The molecule has 6 heteroatoms. The summed E-state index contributed by atoms with van der Waals surface area (Å²) in [7, 11) is 0. The van der Waals surface area contributed by atoms with Crippen molar-refractivity contribution in [2.75, 3.05) is 5.32 Å². The van der Waals surface area contributed by atoms with Crippen LogP contribution in [0.4, 0.5) is 5.69 Å². The number of anilines is 1. The van der Waals surface area contributed by atoms with E-state index >= 15 is 0 Å². The number of rotatable bonds is 3. The fourth-order valence-electron chi connectivity index (χ4n) is 1.50. The van der Waals surface area contributed by atoms with Gasteiger partial charge >= 0.3 is 5.97 Å². The number of carbonyl (C=O) groups is 2. The van der Waals surface area contributed by atoms with Crippen LogP contribution in [0.3, 0.4) is 0 Å². The molecule has 1 fully saturated rings. The third-order valence-electron chi connectivity index (χ3n) is 2.77. The number of carbonyl (C=O) groups excluding carboxylic acids is 1. The van der Waals surface area contributed by atoms with E-state index in [1.807, 2.05) is 0 Å². The molecular weight excluding hydrogens is 309 g/mol. The van der Waals surface area contributed by atoms with Gasteiger partial charge in [0, 0.05) is 4.47 Å². The Hall–Kier alpha value is -1.07. The molecule has 0 unspecified atom stereocenters. The summed E-state index contributed by atoms with van der Waals surface area (Å²) in [5.41, 5.74) is -0.830. The lowest BCUT2D eigenvalue weighted by molar-refractivity contribution is -0.147. The van der Waals surface area contributed by atoms with E-state index in [1.54, 1.807) is 18.2 Å². The molecular formula is C11H9BrClNO3. The molecule has 17 heavy (non-hydrogen) atoms. The van der Waals surface area contributed by atoms with Crippen molar-refractivity contribution in [3.05, 3.63) is 27.7 Å². The Labute approximate surface area is 111 Å². The summed E-state index contributed by atoms with van der Waals surface area (Å²) < 4.78 is 0.792. The average molecular weight is 319 g/mol. The highest BCUT2D eigenvalue weighted by atomic mass is 79.9. The van der Waals surface area contributed by atoms with Crippen LogP contribution in [0.25, 0.3) is 0 Å². The number of hydrogen-bond acceptors (Lipinski definition) is 2. The van der Waals surface area contributed by atoms with Gasteiger partial charge in [-0.15, -0.1) is 0 Å². The van der Waals surface area contributed by atoms with Crippen LogP contribution in [0, 0.1) is 5.41 Å². The third-order valence-corrected chi connectivity index (χ3v) is 3.58. The fourth-order valence-corrected chi connectivity index (χ4v) is 2.22. The minimum atomic E-state index is -1.25. The molecule has 0 spiro atoms. The van der Waals surface area contributed by atoms with Crippen LogP contribution in [-0.4, -0.2) is 17.0 Å². The highest BCUT2D eigenvalue weighted by Crippen LogP contribution is 2.47. The van der Waals surface area contributed by atoms with Gasteiger partial charge in [0.2, 0.25) is 5.91 Å². The Bertz CT molecular complexity index is 499. The number of carboxylic acid groups (broad SMARTS) is 1. The first kappa shape index (κ1) is 12.4. The zero-order valence-electron chi connectivity index (χ0n) is 8.67. The third kappa shape index (κ3) is 2.30. The summed E-state index contributed by atoms with van der Waals surface area (Å²) in [5.74, 6) is -1.59. The van der Waals surface area contributed by atoms with Crippen molar-refractivity contribution in [1.82, 2.24) is 0 Å². The molecule has 1 amide bonds. The quantitative estimate of drug-likeness (QED) is 0.842. The van der Waals surface area contributed by atoms with Crippen LogP contribution in [-0.2, 0) is 9.59 Å². The first-order valence-electron chi connectivity index (χ1n) is 4.95. The van der Waals surface area contributed by atoms with Gasteiger partial charge in [0.1, 0.15) is 5.41 Å². The average Bonchev–Trinajstić information content (AvgIpc) is 3.02. The van der Waals surface area contributed by atoms with Crippen molar-refractivity contribution in [1.29, 1.82) is 0 Å². The molecule has 1 aromatic carbocycles. The van der Waals surface area contributed by atoms with E-state index in [1.165, 1.54) is 0 Å². The van der Waals surface area contributed by atoms with Crippen LogP contribution in [0.2, 0.25) is 5.02 Å². The van der Waals surface area contributed by atoms with Crippen molar-refractivity contribution in [2.24, 2.45) is 5.41 Å². The summed E-state index contributed by atoms with van der Waals surface area (Å²) in [6, 6.07) is 4.99. The molecule has 2 N–H and O–H groups in total. The Kier molecular flexibility index (Phi) is 3.14. The molecule has 4 nitrogen and oxygen atoms in total. The van der Waals surface area contributed by atoms with Gasteiger partial charge in [0.25, 0.3) is 0 Å². The second kappa shape index (κ2) is 4.31. The standard InChI is InChI=1S/C11H9BrClNO3/c12-6-1-2-8(7(13)5-6)14-9(15)11(3-4-11)10(16)17/h1-2,5H,3-4H2,(H,14,15)(H,16,17). The Morgan fingerprint density at radius 3 is 2.53 bits per heavy atom. The van der Waals surface area contributed by atoms with Crippen molar-refractivity contribution in [3.8, 4) is 0 Å². The van der Waals surface area contributed by atoms with E-state index in [9.17, 15) is 9.59 Å². The summed E-state index contributed by atoms with van der Waals surface area (Å²) in [6.45, 7) is 0. The molecule has 0 bridgehead atoms. The van der Waals surface area contributed by atoms with E-state index in [0.29, 0.717) is 23.6 Å². The van der Waals surface area contributed by atoms with Crippen LogP contribution >= 0.6 is 27.5 Å². The molecule has 0 radical (unpaired) electrons. The molecule has 0 aromatic heterocycles. The number of nitrogens with one attached hydrogen (secondary N) is 1. The summed E-state index contributed by atoms with van der Waals surface area (Å²) >= 11 is 9.18. The number of carboxylic acids is 1. The first-order chi connectivity index (χ1) is 7.95. The number of halogens is 2. The fraction of sp³-hybridized carbons (Fsp3) is 0.273. The SMILES string of the molecule is O=C(O)C1(C(=O)Nc2ccc(Br)cc2Cl)CC1.